The van der Waals surface area contributed by atoms with Crippen molar-refractivity contribution in [2.75, 3.05) is 6.54 Å². The fraction of sp³-hybridized carbons (Fsp3) is 0.467. The summed E-state index contributed by atoms with van der Waals surface area (Å²) in [7, 11) is 0. The van der Waals surface area contributed by atoms with E-state index in [2.05, 4.69) is 55.7 Å². The van der Waals surface area contributed by atoms with Crippen molar-refractivity contribution in [3.05, 3.63) is 35.2 Å². The average molecular weight is 247 g/mol. The van der Waals surface area contributed by atoms with E-state index in [-0.39, 0.29) is 0 Å². The van der Waals surface area contributed by atoms with Crippen LogP contribution in [0.2, 0.25) is 0 Å². The Morgan fingerprint density at radius 3 is 2.71 bits per heavy atom. The summed E-state index contributed by atoms with van der Waals surface area (Å²) in [6.07, 6.45) is 1.21. The quantitative estimate of drug-likeness (QED) is 0.814. The Morgan fingerprint density at radius 1 is 1.24 bits per heavy atom. The number of thiophene rings is 1. The van der Waals surface area contributed by atoms with Gasteiger partial charge >= 0.3 is 0 Å². The molecule has 0 bridgehead atoms. The summed E-state index contributed by atoms with van der Waals surface area (Å²) >= 11 is 1.86. The molecular weight excluding hydrogens is 226 g/mol. The second-order valence-corrected chi connectivity index (χ2v) is 5.52. The van der Waals surface area contributed by atoms with Crippen LogP contribution in [-0.2, 0) is 0 Å². The van der Waals surface area contributed by atoms with E-state index >= 15 is 0 Å². The predicted octanol–water partition coefficient (Wildman–Crippen LogP) is 4.60. The van der Waals surface area contributed by atoms with Crippen LogP contribution in [0.25, 0.3) is 10.1 Å². The first-order chi connectivity index (χ1) is 8.27. The fourth-order valence-corrected chi connectivity index (χ4v) is 3.31. The standard InChI is InChI=1S/C15H21NS/c1-4-11(3)15(16-5-2)13-10-17-14-9-7-6-8-12(13)14/h6-11,15-16H,4-5H2,1-3H3. The first-order valence-corrected chi connectivity index (χ1v) is 7.35. The number of hydrogen-bond acceptors (Lipinski definition) is 2. The lowest BCUT2D eigenvalue weighted by Gasteiger charge is -2.23. The van der Waals surface area contributed by atoms with Gasteiger partial charge in [-0.2, -0.15) is 0 Å². The molecule has 0 fully saturated rings. The molecule has 1 heterocycles. The predicted molar refractivity (Wildman–Crippen MR) is 77.7 cm³/mol. The maximum Gasteiger partial charge on any atom is 0.0360 e. The zero-order valence-corrected chi connectivity index (χ0v) is 11.7. The van der Waals surface area contributed by atoms with Crippen LogP contribution in [0.4, 0.5) is 0 Å². The molecule has 0 aliphatic rings. The second kappa shape index (κ2) is 5.65. The summed E-state index contributed by atoms with van der Waals surface area (Å²) in [6, 6.07) is 9.20. The molecule has 0 saturated carbocycles. The molecule has 1 aromatic heterocycles. The molecule has 2 unspecified atom stereocenters. The summed E-state index contributed by atoms with van der Waals surface area (Å²) in [5.74, 6) is 0.674. The molecule has 1 N–H and O–H groups in total. The topological polar surface area (TPSA) is 12.0 Å². The van der Waals surface area contributed by atoms with Crippen LogP contribution in [0.1, 0.15) is 38.8 Å². The lowest BCUT2D eigenvalue weighted by Crippen LogP contribution is -2.26. The van der Waals surface area contributed by atoms with Crippen LogP contribution < -0.4 is 5.32 Å². The van der Waals surface area contributed by atoms with E-state index in [9.17, 15) is 0 Å². The van der Waals surface area contributed by atoms with Gasteiger partial charge in [-0.05, 0) is 34.9 Å². The van der Waals surface area contributed by atoms with Crippen LogP contribution in [0.3, 0.4) is 0 Å². The highest BCUT2D eigenvalue weighted by molar-refractivity contribution is 7.17. The first-order valence-electron chi connectivity index (χ1n) is 6.47. The van der Waals surface area contributed by atoms with Gasteiger partial charge in [0.15, 0.2) is 0 Å². The molecular formula is C15H21NS. The molecule has 2 atom stereocenters. The average Bonchev–Trinajstić information content (AvgIpc) is 2.79. The van der Waals surface area contributed by atoms with Crippen molar-refractivity contribution < 1.29 is 0 Å². The summed E-state index contributed by atoms with van der Waals surface area (Å²) in [4.78, 5) is 0. The molecule has 0 aliphatic heterocycles. The Balaban J connectivity index is 2.41. The molecule has 2 rings (SSSR count). The molecule has 0 aliphatic carbocycles. The van der Waals surface area contributed by atoms with Crippen molar-refractivity contribution >= 4 is 21.4 Å². The van der Waals surface area contributed by atoms with Gasteiger partial charge in [-0.1, -0.05) is 45.4 Å². The van der Waals surface area contributed by atoms with Gasteiger partial charge in [-0.25, -0.2) is 0 Å². The maximum absolute atomic E-state index is 3.63. The van der Waals surface area contributed by atoms with Gasteiger partial charge in [0, 0.05) is 10.7 Å². The normalized spacial score (nSPS) is 15.0. The molecule has 92 valence electrons. The lowest BCUT2D eigenvalue weighted by molar-refractivity contribution is 0.386. The minimum atomic E-state index is 0.487. The monoisotopic (exact) mass is 247 g/mol. The van der Waals surface area contributed by atoms with Gasteiger partial charge in [0.25, 0.3) is 0 Å². The van der Waals surface area contributed by atoms with E-state index in [4.69, 9.17) is 0 Å². The van der Waals surface area contributed by atoms with Crippen molar-refractivity contribution in [1.82, 2.24) is 5.32 Å². The Hall–Kier alpha value is -0.860. The number of hydrogen-bond donors (Lipinski definition) is 1. The van der Waals surface area contributed by atoms with Crippen LogP contribution in [0.15, 0.2) is 29.6 Å². The third kappa shape index (κ3) is 2.53. The fourth-order valence-electron chi connectivity index (χ4n) is 2.31. The highest BCUT2D eigenvalue weighted by Gasteiger charge is 2.19. The van der Waals surface area contributed by atoms with Gasteiger partial charge in [0.1, 0.15) is 0 Å². The van der Waals surface area contributed by atoms with E-state index in [1.54, 1.807) is 0 Å². The van der Waals surface area contributed by atoms with E-state index in [1.807, 2.05) is 11.3 Å². The Labute approximate surface area is 108 Å². The van der Waals surface area contributed by atoms with E-state index < -0.39 is 0 Å². The molecule has 0 spiro atoms. The largest absolute Gasteiger partial charge is 0.310 e. The van der Waals surface area contributed by atoms with Crippen molar-refractivity contribution in [1.29, 1.82) is 0 Å². The second-order valence-electron chi connectivity index (χ2n) is 4.61. The van der Waals surface area contributed by atoms with Crippen molar-refractivity contribution in [3.8, 4) is 0 Å². The molecule has 2 heteroatoms. The molecule has 0 radical (unpaired) electrons. The molecule has 1 aromatic carbocycles. The van der Waals surface area contributed by atoms with E-state index in [1.165, 1.54) is 22.1 Å². The van der Waals surface area contributed by atoms with Crippen LogP contribution in [0.5, 0.6) is 0 Å². The highest BCUT2D eigenvalue weighted by Crippen LogP contribution is 2.34. The summed E-state index contributed by atoms with van der Waals surface area (Å²) in [5, 5.41) is 7.38. The third-order valence-electron chi connectivity index (χ3n) is 3.48. The van der Waals surface area contributed by atoms with Crippen LogP contribution in [0, 0.1) is 5.92 Å². The van der Waals surface area contributed by atoms with Crippen molar-refractivity contribution in [2.24, 2.45) is 5.92 Å². The van der Waals surface area contributed by atoms with Gasteiger partial charge in [0.2, 0.25) is 0 Å². The molecule has 0 amide bonds. The minimum absolute atomic E-state index is 0.487. The minimum Gasteiger partial charge on any atom is -0.310 e. The number of nitrogens with one attached hydrogen (secondary N) is 1. The smallest absolute Gasteiger partial charge is 0.0360 e. The number of benzene rings is 1. The molecule has 17 heavy (non-hydrogen) atoms. The molecule has 2 aromatic rings. The highest BCUT2D eigenvalue weighted by atomic mass is 32.1. The van der Waals surface area contributed by atoms with Crippen molar-refractivity contribution in [2.45, 2.75) is 33.2 Å². The van der Waals surface area contributed by atoms with Gasteiger partial charge in [-0.15, -0.1) is 11.3 Å². The molecule has 0 saturated heterocycles. The SMILES string of the molecule is CCNC(c1csc2ccccc12)C(C)CC. The third-order valence-corrected chi connectivity index (χ3v) is 4.46. The van der Waals surface area contributed by atoms with E-state index in [0.717, 1.165) is 6.54 Å². The van der Waals surface area contributed by atoms with Gasteiger partial charge in [-0.3, -0.25) is 0 Å². The van der Waals surface area contributed by atoms with E-state index in [0.29, 0.717) is 12.0 Å². The maximum atomic E-state index is 3.63. The van der Waals surface area contributed by atoms with Gasteiger partial charge in [0.05, 0.1) is 0 Å². The van der Waals surface area contributed by atoms with Crippen LogP contribution >= 0.6 is 11.3 Å². The summed E-state index contributed by atoms with van der Waals surface area (Å²) in [5.41, 5.74) is 1.47. The van der Waals surface area contributed by atoms with Gasteiger partial charge < -0.3 is 5.32 Å². The number of fused-ring (bicyclic) bond motifs is 1. The lowest BCUT2D eigenvalue weighted by atomic mass is 9.92. The Kier molecular flexibility index (Phi) is 4.19. The number of rotatable bonds is 5. The zero-order valence-electron chi connectivity index (χ0n) is 10.9. The summed E-state index contributed by atoms with van der Waals surface area (Å²) < 4.78 is 1.40. The first kappa shape index (κ1) is 12.6. The molecule has 1 nitrogen and oxygen atoms in total. The van der Waals surface area contributed by atoms with Crippen LogP contribution in [-0.4, -0.2) is 6.54 Å². The summed E-state index contributed by atoms with van der Waals surface area (Å²) in [6.45, 7) is 7.81. The van der Waals surface area contributed by atoms with Crippen molar-refractivity contribution in [3.63, 3.8) is 0 Å². The Bertz CT molecular complexity index is 474. The Morgan fingerprint density at radius 2 is 2.00 bits per heavy atom. The zero-order chi connectivity index (χ0) is 12.3.